The molecule has 0 fully saturated rings. The fraction of sp³-hybridized carbons (Fsp3) is 0.278. The first-order chi connectivity index (χ1) is 21.0. The fourth-order valence-corrected chi connectivity index (χ4v) is 6.55. The van der Waals surface area contributed by atoms with Crippen LogP contribution in [0.1, 0.15) is 40.3 Å². The van der Waals surface area contributed by atoms with Gasteiger partial charge < -0.3 is 10.2 Å². The molecule has 1 unspecified atom stereocenters. The molecule has 4 aromatic rings. The van der Waals surface area contributed by atoms with Crippen molar-refractivity contribution in [2.75, 3.05) is 17.4 Å². The Morgan fingerprint density at radius 1 is 0.750 bits per heavy atom. The third-order valence-electron chi connectivity index (χ3n) is 7.62. The lowest BCUT2D eigenvalue weighted by Crippen LogP contribution is -2.53. The second-order valence-electron chi connectivity index (χ2n) is 11.2. The van der Waals surface area contributed by atoms with E-state index in [0.29, 0.717) is 17.8 Å². The van der Waals surface area contributed by atoms with Crippen LogP contribution in [0, 0.1) is 27.7 Å². The number of rotatable bonds is 12. The third-order valence-corrected chi connectivity index (χ3v) is 9.39. The summed E-state index contributed by atoms with van der Waals surface area (Å²) in [5.74, 6) is -0.772. The van der Waals surface area contributed by atoms with Gasteiger partial charge >= 0.3 is 0 Å². The molecule has 4 aromatic carbocycles. The molecule has 1 N–H and O–H groups in total. The molecule has 7 nitrogen and oxygen atoms in total. The SMILES string of the molecule is CCNC(=O)C(Cc1ccccc1)N(Cc1ccc(C)cc1)C(=O)CN(c1cc(C)ccc1C)S(=O)(=O)c1ccc(C)cc1. The first-order valence-corrected chi connectivity index (χ1v) is 16.3. The van der Waals surface area contributed by atoms with Crippen molar-refractivity contribution in [2.45, 2.75) is 58.5 Å². The minimum Gasteiger partial charge on any atom is -0.355 e. The van der Waals surface area contributed by atoms with Crippen molar-refractivity contribution in [1.29, 1.82) is 0 Å². The summed E-state index contributed by atoms with van der Waals surface area (Å²) in [5.41, 5.74) is 5.73. The molecule has 0 bridgehead atoms. The molecule has 0 radical (unpaired) electrons. The molecule has 0 saturated heterocycles. The number of amides is 2. The highest BCUT2D eigenvalue weighted by molar-refractivity contribution is 7.92. The molecule has 8 heteroatoms. The summed E-state index contributed by atoms with van der Waals surface area (Å²) in [6, 6.07) is 28.6. The molecule has 230 valence electrons. The Labute approximate surface area is 261 Å². The van der Waals surface area contributed by atoms with Gasteiger partial charge in [-0.05, 0) is 75.1 Å². The molecule has 0 heterocycles. The molecule has 0 spiro atoms. The minimum atomic E-state index is -4.15. The zero-order chi connectivity index (χ0) is 31.9. The monoisotopic (exact) mass is 611 g/mol. The second-order valence-corrected chi connectivity index (χ2v) is 13.1. The summed E-state index contributed by atoms with van der Waals surface area (Å²) in [4.78, 5) is 29.7. The van der Waals surface area contributed by atoms with Crippen LogP contribution in [-0.2, 0) is 32.6 Å². The van der Waals surface area contributed by atoms with Crippen LogP contribution in [0.4, 0.5) is 5.69 Å². The van der Waals surface area contributed by atoms with E-state index in [0.717, 1.165) is 27.8 Å². The van der Waals surface area contributed by atoms with Gasteiger partial charge in [0.1, 0.15) is 12.6 Å². The van der Waals surface area contributed by atoms with Gasteiger partial charge in [-0.25, -0.2) is 8.42 Å². The number of carbonyl (C=O) groups is 2. The van der Waals surface area contributed by atoms with Crippen molar-refractivity contribution in [1.82, 2.24) is 10.2 Å². The molecule has 0 aliphatic carbocycles. The smallest absolute Gasteiger partial charge is 0.264 e. The molecule has 44 heavy (non-hydrogen) atoms. The lowest BCUT2D eigenvalue weighted by atomic mass is 10.0. The van der Waals surface area contributed by atoms with Crippen LogP contribution in [-0.4, -0.2) is 44.3 Å². The topological polar surface area (TPSA) is 86.8 Å². The number of hydrogen-bond acceptors (Lipinski definition) is 4. The molecular weight excluding hydrogens is 570 g/mol. The molecule has 0 saturated carbocycles. The van der Waals surface area contributed by atoms with Crippen LogP contribution < -0.4 is 9.62 Å². The van der Waals surface area contributed by atoms with Crippen LogP contribution >= 0.6 is 0 Å². The van der Waals surface area contributed by atoms with E-state index in [1.807, 2.05) is 101 Å². The van der Waals surface area contributed by atoms with E-state index in [1.165, 1.54) is 9.21 Å². The van der Waals surface area contributed by atoms with Crippen LogP contribution in [0.25, 0.3) is 0 Å². The lowest BCUT2D eigenvalue weighted by Gasteiger charge is -2.34. The Hall–Kier alpha value is -4.43. The minimum absolute atomic E-state index is 0.0893. The summed E-state index contributed by atoms with van der Waals surface area (Å²) in [7, 11) is -4.15. The largest absolute Gasteiger partial charge is 0.355 e. The van der Waals surface area contributed by atoms with Crippen molar-refractivity contribution in [3.8, 4) is 0 Å². The second kappa shape index (κ2) is 14.4. The van der Waals surface area contributed by atoms with Crippen molar-refractivity contribution in [3.05, 3.63) is 130 Å². The van der Waals surface area contributed by atoms with Crippen LogP contribution in [0.5, 0.6) is 0 Å². The maximum atomic E-state index is 14.5. The van der Waals surface area contributed by atoms with Gasteiger partial charge in [0.2, 0.25) is 11.8 Å². The predicted molar refractivity (Wildman–Crippen MR) is 176 cm³/mol. The zero-order valence-electron chi connectivity index (χ0n) is 26.1. The van der Waals surface area contributed by atoms with Crippen molar-refractivity contribution < 1.29 is 18.0 Å². The van der Waals surface area contributed by atoms with Gasteiger partial charge in [-0.15, -0.1) is 0 Å². The normalized spacial score (nSPS) is 11.9. The van der Waals surface area contributed by atoms with Gasteiger partial charge in [-0.2, -0.15) is 0 Å². The van der Waals surface area contributed by atoms with Gasteiger partial charge in [0.25, 0.3) is 10.0 Å². The Balaban J connectivity index is 1.82. The van der Waals surface area contributed by atoms with Crippen LogP contribution in [0.3, 0.4) is 0 Å². The average Bonchev–Trinajstić information content (AvgIpc) is 3.00. The lowest BCUT2D eigenvalue weighted by molar-refractivity contribution is -0.140. The van der Waals surface area contributed by atoms with Crippen LogP contribution in [0.2, 0.25) is 0 Å². The molecule has 4 rings (SSSR count). The summed E-state index contributed by atoms with van der Waals surface area (Å²) < 4.78 is 29.7. The van der Waals surface area contributed by atoms with Gasteiger partial charge in [-0.1, -0.05) is 90.0 Å². The Morgan fingerprint density at radius 2 is 1.34 bits per heavy atom. The number of hydrogen-bond donors (Lipinski definition) is 1. The molecule has 0 aromatic heterocycles. The first-order valence-electron chi connectivity index (χ1n) is 14.8. The van der Waals surface area contributed by atoms with E-state index in [1.54, 1.807) is 30.3 Å². The summed E-state index contributed by atoms with van der Waals surface area (Å²) in [6.07, 6.45) is 0.276. The van der Waals surface area contributed by atoms with E-state index < -0.39 is 28.5 Å². The molecule has 0 aliphatic heterocycles. The Bertz CT molecular complexity index is 1690. The Kier molecular flexibility index (Phi) is 10.6. The van der Waals surface area contributed by atoms with E-state index in [4.69, 9.17) is 0 Å². The standard InChI is InChI=1S/C36H41N3O4S/c1-6-37-36(41)34(23-30-10-8-7-9-11-30)38(24-31-18-13-26(2)14-19-31)35(40)25-39(33-22-28(4)12-17-29(33)5)44(42,43)32-20-15-27(3)16-21-32/h7-22,34H,6,23-25H2,1-5H3,(H,37,41). The number of aryl methyl sites for hydroxylation is 4. The third kappa shape index (κ3) is 7.94. The molecule has 0 aliphatic rings. The maximum absolute atomic E-state index is 14.5. The maximum Gasteiger partial charge on any atom is 0.264 e. The van der Waals surface area contributed by atoms with Crippen molar-refractivity contribution in [2.24, 2.45) is 0 Å². The highest BCUT2D eigenvalue weighted by atomic mass is 32.2. The number of nitrogens with one attached hydrogen (secondary N) is 1. The number of benzene rings is 4. The first kappa shape index (κ1) is 32.5. The summed E-state index contributed by atoms with van der Waals surface area (Å²) in [5, 5.41) is 2.89. The molecule has 1 atom stereocenters. The van der Waals surface area contributed by atoms with Gasteiger partial charge in [-0.3, -0.25) is 13.9 Å². The number of likely N-dealkylation sites (N-methyl/N-ethyl adjacent to an activating group) is 1. The van der Waals surface area contributed by atoms with Crippen molar-refractivity contribution >= 4 is 27.5 Å². The van der Waals surface area contributed by atoms with E-state index in [-0.39, 0.29) is 23.8 Å². The number of carbonyl (C=O) groups excluding carboxylic acids is 2. The highest BCUT2D eigenvalue weighted by Crippen LogP contribution is 2.29. The van der Waals surface area contributed by atoms with Gasteiger partial charge in [0.05, 0.1) is 10.6 Å². The van der Waals surface area contributed by atoms with E-state index in [9.17, 15) is 18.0 Å². The van der Waals surface area contributed by atoms with E-state index >= 15 is 0 Å². The summed E-state index contributed by atoms with van der Waals surface area (Å²) >= 11 is 0. The van der Waals surface area contributed by atoms with Crippen LogP contribution in [0.15, 0.2) is 102 Å². The van der Waals surface area contributed by atoms with Gasteiger partial charge in [0, 0.05) is 19.5 Å². The average molecular weight is 612 g/mol. The number of sulfonamides is 1. The van der Waals surface area contributed by atoms with Crippen molar-refractivity contribution in [3.63, 3.8) is 0 Å². The Morgan fingerprint density at radius 3 is 1.95 bits per heavy atom. The summed E-state index contributed by atoms with van der Waals surface area (Å²) in [6.45, 7) is 9.48. The quantitative estimate of drug-likeness (QED) is 0.216. The molecule has 2 amide bonds. The zero-order valence-corrected chi connectivity index (χ0v) is 26.9. The highest BCUT2D eigenvalue weighted by Gasteiger charge is 2.35. The van der Waals surface area contributed by atoms with E-state index in [2.05, 4.69) is 5.32 Å². The predicted octanol–water partition coefficient (Wildman–Crippen LogP) is 5.89. The fourth-order valence-electron chi connectivity index (χ4n) is 5.08. The number of anilines is 1. The molecular formula is C36H41N3O4S. The van der Waals surface area contributed by atoms with Gasteiger partial charge in [0.15, 0.2) is 0 Å². The number of nitrogens with zero attached hydrogens (tertiary/aromatic N) is 2.